The number of thiophene rings is 1. The maximum Gasteiger partial charge on any atom is 0.315 e. The number of urea groups is 1. The van der Waals surface area contributed by atoms with E-state index in [2.05, 4.69) is 10.6 Å². The van der Waals surface area contributed by atoms with Gasteiger partial charge in [0.15, 0.2) is 0 Å². The Morgan fingerprint density at radius 1 is 1.57 bits per heavy atom. The van der Waals surface area contributed by atoms with Crippen molar-refractivity contribution in [2.45, 2.75) is 6.54 Å². The summed E-state index contributed by atoms with van der Waals surface area (Å²) in [6.45, 7) is 1.64. The minimum absolute atomic E-state index is 0.159. The predicted molar refractivity (Wildman–Crippen MR) is 56.4 cm³/mol. The summed E-state index contributed by atoms with van der Waals surface area (Å²) in [7, 11) is 1.60. The van der Waals surface area contributed by atoms with Crippen LogP contribution < -0.4 is 10.6 Å². The fraction of sp³-hybridized carbons (Fsp3) is 0.444. The van der Waals surface area contributed by atoms with E-state index >= 15 is 0 Å². The van der Waals surface area contributed by atoms with Crippen LogP contribution >= 0.6 is 11.3 Å². The van der Waals surface area contributed by atoms with Gasteiger partial charge in [0.05, 0.1) is 6.61 Å². The molecule has 1 aromatic heterocycles. The van der Waals surface area contributed by atoms with Gasteiger partial charge in [0.25, 0.3) is 0 Å². The van der Waals surface area contributed by atoms with Crippen LogP contribution in [-0.2, 0) is 11.3 Å². The quantitative estimate of drug-likeness (QED) is 0.723. The zero-order valence-electron chi connectivity index (χ0n) is 8.08. The van der Waals surface area contributed by atoms with Crippen LogP contribution in [0.1, 0.15) is 5.56 Å². The van der Waals surface area contributed by atoms with Gasteiger partial charge >= 0.3 is 6.03 Å². The number of methoxy groups -OCH3 is 1. The molecule has 0 fully saturated rings. The molecule has 0 unspecified atom stereocenters. The number of rotatable bonds is 5. The average molecular weight is 214 g/mol. The SMILES string of the molecule is COCCNC(=O)NCc1ccsc1. The van der Waals surface area contributed by atoms with Gasteiger partial charge in [0.2, 0.25) is 0 Å². The van der Waals surface area contributed by atoms with Crippen LogP contribution in [0.2, 0.25) is 0 Å². The fourth-order valence-electron chi connectivity index (χ4n) is 0.905. The Hall–Kier alpha value is -1.07. The van der Waals surface area contributed by atoms with E-state index in [0.29, 0.717) is 19.7 Å². The topological polar surface area (TPSA) is 50.4 Å². The molecule has 0 atom stereocenters. The van der Waals surface area contributed by atoms with E-state index in [1.165, 1.54) is 0 Å². The number of amides is 2. The van der Waals surface area contributed by atoms with Gasteiger partial charge in [-0.3, -0.25) is 0 Å². The Balaban J connectivity index is 2.09. The van der Waals surface area contributed by atoms with Crippen LogP contribution in [0, 0.1) is 0 Å². The second-order valence-electron chi connectivity index (χ2n) is 2.73. The number of nitrogens with one attached hydrogen (secondary N) is 2. The van der Waals surface area contributed by atoms with Crippen LogP contribution in [0.25, 0.3) is 0 Å². The zero-order chi connectivity index (χ0) is 10.2. The van der Waals surface area contributed by atoms with Crippen LogP contribution in [-0.4, -0.2) is 26.3 Å². The molecule has 4 nitrogen and oxygen atoms in total. The van der Waals surface area contributed by atoms with Crippen LogP contribution in [0.5, 0.6) is 0 Å². The molecule has 0 aliphatic heterocycles. The molecule has 0 saturated carbocycles. The predicted octanol–water partition coefficient (Wildman–Crippen LogP) is 1.19. The van der Waals surface area contributed by atoms with Gasteiger partial charge in [0.1, 0.15) is 0 Å². The maximum absolute atomic E-state index is 11.1. The summed E-state index contributed by atoms with van der Waals surface area (Å²) in [5, 5.41) is 9.41. The van der Waals surface area contributed by atoms with Crippen molar-refractivity contribution in [1.82, 2.24) is 10.6 Å². The molecule has 1 aromatic rings. The second kappa shape index (κ2) is 6.39. The molecule has 0 saturated heterocycles. The van der Waals surface area contributed by atoms with Crippen molar-refractivity contribution in [2.24, 2.45) is 0 Å². The number of carbonyl (C=O) groups excluding carboxylic acids is 1. The molecule has 78 valence electrons. The molecule has 0 spiro atoms. The molecule has 0 aromatic carbocycles. The highest BCUT2D eigenvalue weighted by molar-refractivity contribution is 7.07. The van der Waals surface area contributed by atoms with Crippen molar-refractivity contribution >= 4 is 17.4 Å². The van der Waals surface area contributed by atoms with Crippen LogP contribution in [0.4, 0.5) is 4.79 Å². The van der Waals surface area contributed by atoms with Gasteiger partial charge in [-0.1, -0.05) is 0 Å². The lowest BCUT2D eigenvalue weighted by atomic mass is 10.3. The standard InChI is InChI=1S/C9H14N2O2S/c1-13-4-3-10-9(12)11-6-8-2-5-14-7-8/h2,5,7H,3-4,6H2,1H3,(H2,10,11,12). The Morgan fingerprint density at radius 3 is 3.07 bits per heavy atom. The van der Waals surface area contributed by atoms with Crippen molar-refractivity contribution in [2.75, 3.05) is 20.3 Å². The number of hydrogen-bond acceptors (Lipinski definition) is 3. The minimum Gasteiger partial charge on any atom is -0.383 e. The number of hydrogen-bond donors (Lipinski definition) is 2. The van der Waals surface area contributed by atoms with Gasteiger partial charge in [-0.15, -0.1) is 0 Å². The third-order valence-electron chi connectivity index (χ3n) is 1.62. The highest BCUT2D eigenvalue weighted by Gasteiger charge is 1.98. The van der Waals surface area contributed by atoms with Gasteiger partial charge in [-0.05, 0) is 22.4 Å². The van der Waals surface area contributed by atoms with E-state index in [4.69, 9.17) is 4.74 Å². The fourth-order valence-corrected chi connectivity index (χ4v) is 1.57. The first kappa shape index (κ1) is 11.0. The Labute approximate surface area is 87.3 Å². The molecule has 1 heterocycles. The summed E-state index contributed by atoms with van der Waals surface area (Å²) >= 11 is 1.62. The number of carbonyl (C=O) groups is 1. The summed E-state index contributed by atoms with van der Waals surface area (Å²) in [5.74, 6) is 0. The lowest BCUT2D eigenvalue weighted by Gasteiger charge is -2.05. The molecule has 2 N–H and O–H groups in total. The van der Waals surface area contributed by atoms with E-state index in [1.54, 1.807) is 18.4 Å². The monoisotopic (exact) mass is 214 g/mol. The summed E-state index contributed by atoms with van der Waals surface area (Å²) < 4.78 is 4.80. The highest BCUT2D eigenvalue weighted by atomic mass is 32.1. The molecular weight excluding hydrogens is 200 g/mol. The van der Waals surface area contributed by atoms with Gasteiger partial charge in [0, 0.05) is 20.2 Å². The second-order valence-corrected chi connectivity index (χ2v) is 3.51. The highest BCUT2D eigenvalue weighted by Crippen LogP contribution is 2.04. The first-order valence-electron chi connectivity index (χ1n) is 4.34. The van der Waals surface area contributed by atoms with Crippen molar-refractivity contribution in [3.8, 4) is 0 Å². The Bertz CT molecular complexity index is 262. The Kier molecular flexibility index (Phi) is 5.03. The molecule has 0 aliphatic rings. The zero-order valence-corrected chi connectivity index (χ0v) is 8.89. The lowest BCUT2D eigenvalue weighted by molar-refractivity contribution is 0.196. The molecule has 0 bridgehead atoms. The molecule has 5 heteroatoms. The normalized spacial score (nSPS) is 9.79. The molecule has 1 rings (SSSR count). The van der Waals surface area contributed by atoms with Crippen molar-refractivity contribution < 1.29 is 9.53 Å². The number of ether oxygens (including phenoxy) is 1. The van der Waals surface area contributed by atoms with Crippen molar-refractivity contribution in [1.29, 1.82) is 0 Å². The van der Waals surface area contributed by atoms with Gasteiger partial charge < -0.3 is 15.4 Å². The molecule has 2 amide bonds. The van der Waals surface area contributed by atoms with E-state index in [9.17, 15) is 4.79 Å². The smallest absolute Gasteiger partial charge is 0.315 e. The van der Waals surface area contributed by atoms with Gasteiger partial charge in [-0.2, -0.15) is 11.3 Å². The van der Waals surface area contributed by atoms with E-state index in [0.717, 1.165) is 5.56 Å². The molecular formula is C9H14N2O2S. The molecule has 0 radical (unpaired) electrons. The van der Waals surface area contributed by atoms with Crippen molar-refractivity contribution in [3.63, 3.8) is 0 Å². The van der Waals surface area contributed by atoms with E-state index < -0.39 is 0 Å². The third kappa shape index (κ3) is 4.25. The average Bonchev–Trinajstić information content (AvgIpc) is 2.68. The van der Waals surface area contributed by atoms with E-state index in [1.807, 2.05) is 16.8 Å². The minimum atomic E-state index is -0.159. The summed E-state index contributed by atoms with van der Waals surface area (Å²) in [6.07, 6.45) is 0. The summed E-state index contributed by atoms with van der Waals surface area (Å²) in [5.41, 5.74) is 1.12. The third-order valence-corrected chi connectivity index (χ3v) is 2.36. The summed E-state index contributed by atoms with van der Waals surface area (Å²) in [6, 6.07) is 1.83. The lowest BCUT2D eigenvalue weighted by Crippen LogP contribution is -2.36. The maximum atomic E-state index is 11.1. The first-order valence-corrected chi connectivity index (χ1v) is 5.29. The van der Waals surface area contributed by atoms with Crippen molar-refractivity contribution in [3.05, 3.63) is 22.4 Å². The molecule has 0 aliphatic carbocycles. The largest absolute Gasteiger partial charge is 0.383 e. The van der Waals surface area contributed by atoms with Crippen LogP contribution in [0.15, 0.2) is 16.8 Å². The van der Waals surface area contributed by atoms with Crippen LogP contribution in [0.3, 0.4) is 0 Å². The first-order chi connectivity index (χ1) is 6.83. The van der Waals surface area contributed by atoms with E-state index in [-0.39, 0.29) is 6.03 Å². The Morgan fingerprint density at radius 2 is 2.43 bits per heavy atom. The molecule has 14 heavy (non-hydrogen) atoms. The van der Waals surface area contributed by atoms with Gasteiger partial charge in [-0.25, -0.2) is 4.79 Å². The summed E-state index contributed by atoms with van der Waals surface area (Å²) in [4.78, 5) is 11.1.